The van der Waals surface area contributed by atoms with Gasteiger partial charge in [0, 0.05) is 19.6 Å². The molecule has 3 N–H and O–H groups in total. The van der Waals surface area contributed by atoms with Crippen molar-refractivity contribution in [2.24, 2.45) is 16.7 Å². The maximum absolute atomic E-state index is 5.83. The molecule has 0 amide bonds. The Morgan fingerprint density at radius 1 is 1.10 bits per heavy atom. The molecule has 2 aliphatic rings. The lowest BCUT2D eigenvalue weighted by Gasteiger charge is -2.16. The van der Waals surface area contributed by atoms with Crippen LogP contribution in [0.15, 0.2) is 0 Å². The third-order valence-electron chi connectivity index (χ3n) is 5.81. The highest BCUT2D eigenvalue weighted by atomic mass is 15.3. The summed E-state index contributed by atoms with van der Waals surface area (Å²) in [7, 11) is 0. The molecule has 0 bridgehead atoms. The predicted molar refractivity (Wildman–Crippen MR) is 85.2 cm³/mol. The minimum absolute atomic E-state index is 0.295. The fraction of sp³-hybridized carbons (Fsp3) is 0.800. The van der Waals surface area contributed by atoms with Gasteiger partial charge in [0.1, 0.15) is 0 Å². The molecule has 0 spiro atoms. The number of rotatable bonds is 4. The van der Waals surface area contributed by atoms with Crippen molar-refractivity contribution in [3.05, 3.63) is 0 Å². The average molecular weight is 290 g/mol. The van der Waals surface area contributed by atoms with Gasteiger partial charge < -0.3 is 16.0 Å². The van der Waals surface area contributed by atoms with Crippen LogP contribution in [0.5, 0.6) is 0 Å². The van der Waals surface area contributed by atoms with E-state index in [9.17, 15) is 0 Å². The fourth-order valence-corrected chi connectivity index (χ4v) is 3.56. The van der Waals surface area contributed by atoms with Crippen molar-refractivity contribution >= 4 is 17.8 Å². The van der Waals surface area contributed by atoms with Gasteiger partial charge in [-0.1, -0.05) is 27.7 Å². The van der Waals surface area contributed by atoms with Crippen LogP contribution in [0, 0.1) is 16.7 Å². The van der Waals surface area contributed by atoms with Crippen LogP contribution in [-0.2, 0) is 0 Å². The van der Waals surface area contributed by atoms with Gasteiger partial charge in [0.05, 0.1) is 0 Å². The summed E-state index contributed by atoms with van der Waals surface area (Å²) in [5.74, 6) is 2.22. The Morgan fingerprint density at radius 2 is 1.71 bits per heavy atom. The highest BCUT2D eigenvalue weighted by Crippen LogP contribution is 2.68. The lowest BCUT2D eigenvalue weighted by atomic mass is 10.0. The van der Waals surface area contributed by atoms with Crippen molar-refractivity contribution in [1.82, 2.24) is 15.0 Å². The van der Waals surface area contributed by atoms with Gasteiger partial charge in [0.25, 0.3) is 0 Å². The Bertz CT molecular complexity index is 519. The molecule has 2 heterocycles. The van der Waals surface area contributed by atoms with Crippen LogP contribution in [0.1, 0.15) is 40.5 Å². The second-order valence-corrected chi connectivity index (χ2v) is 7.39. The van der Waals surface area contributed by atoms with E-state index in [0.717, 1.165) is 19.6 Å². The zero-order valence-electron chi connectivity index (χ0n) is 13.5. The molecular formula is C15H26N6. The Morgan fingerprint density at radius 3 is 2.29 bits per heavy atom. The van der Waals surface area contributed by atoms with Gasteiger partial charge in [-0.05, 0) is 29.6 Å². The third-order valence-corrected chi connectivity index (χ3v) is 5.81. The molecule has 1 saturated carbocycles. The van der Waals surface area contributed by atoms with Crippen LogP contribution in [0.3, 0.4) is 0 Å². The summed E-state index contributed by atoms with van der Waals surface area (Å²) < 4.78 is 0. The molecule has 0 unspecified atom stereocenters. The zero-order valence-corrected chi connectivity index (χ0v) is 13.5. The standard InChI is InChI=1S/C15H26N6/c1-14(2)10(15(14,3)4)9-17-12-18-11(16)19-13(20-12)21-7-5-6-8-21/h10H,5-9H2,1-4H3,(H3,16,17,18,19,20). The average Bonchev–Trinajstić information content (AvgIpc) is 2.80. The van der Waals surface area contributed by atoms with E-state index in [1.807, 2.05) is 0 Å². The number of nitrogen functional groups attached to an aromatic ring is 1. The molecule has 3 rings (SSSR count). The Kier molecular flexibility index (Phi) is 3.22. The van der Waals surface area contributed by atoms with Gasteiger partial charge in [-0.3, -0.25) is 0 Å². The SMILES string of the molecule is CC1(C)C(CNc2nc(N)nc(N3CCCC3)n2)C1(C)C. The van der Waals surface area contributed by atoms with E-state index in [-0.39, 0.29) is 0 Å². The highest BCUT2D eigenvalue weighted by molar-refractivity contribution is 5.42. The van der Waals surface area contributed by atoms with Gasteiger partial charge in [0.2, 0.25) is 17.8 Å². The molecule has 21 heavy (non-hydrogen) atoms. The first-order chi connectivity index (χ1) is 9.82. The van der Waals surface area contributed by atoms with Gasteiger partial charge >= 0.3 is 0 Å². The summed E-state index contributed by atoms with van der Waals surface area (Å²) in [4.78, 5) is 15.2. The molecule has 1 saturated heterocycles. The Labute approximate surface area is 126 Å². The van der Waals surface area contributed by atoms with E-state index >= 15 is 0 Å². The lowest BCUT2D eigenvalue weighted by Crippen LogP contribution is -2.22. The molecule has 1 aromatic heterocycles. The van der Waals surface area contributed by atoms with Crippen LogP contribution in [0.4, 0.5) is 17.8 Å². The number of nitrogens with two attached hydrogens (primary N) is 1. The van der Waals surface area contributed by atoms with Crippen molar-refractivity contribution in [3.63, 3.8) is 0 Å². The van der Waals surface area contributed by atoms with E-state index in [0.29, 0.717) is 34.6 Å². The minimum Gasteiger partial charge on any atom is -0.368 e. The molecule has 1 aromatic rings. The first-order valence-electron chi connectivity index (χ1n) is 7.83. The van der Waals surface area contributed by atoms with E-state index in [2.05, 4.69) is 52.9 Å². The number of aromatic nitrogens is 3. The molecule has 1 aliphatic carbocycles. The smallest absolute Gasteiger partial charge is 0.231 e. The molecule has 0 atom stereocenters. The van der Waals surface area contributed by atoms with Crippen molar-refractivity contribution in [1.29, 1.82) is 0 Å². The van der Waals surface area contributed by atoms with E-state index in [4.69, 9.17) is 5.73 Å². The first-order valence-corrected chi connectivity index (χ1v) is 7.83. The minimum atomic E-state index is 0.295. The van der Waals surface area contributed by atoms with E-state index in [1.54, 1.807) is 0 Å². The van der Waals surface area contributed by atoms with Crippen molar-refractivity contribution in [2.45, 2.75) is 40.5 Å². The van der Waals surface area contributed by atoms with Crippen LogP contribution in [0.2, 0.25) is 0 Å². The van der Waals surface area contributed by atoms with E-state index in [1.165, 1.54) is 12.8 Å². The van der Waals surface area contributed by atoms with Crippen LogP contribution < -0.4 is 16.0 Å². The summed E-state index contributed by atoms with van der Waals surface area (Å²) in [6.07, 6.45) is 2.39. The number of hydrogen-bond donors (Lipinski definition) is 2. The summed E-state index contributed by atoms with van der Waals surface area (Å²) in [5.41, 5.74) is 6.54. The quantitative estimate of drug-likeness (QED) is 0.884. The number of nitrogens with zero attached hydrogens (tertiary/aromatic N) is 4. The van der Waals surface area contributed by atoms with Gasteiger partial charge in [-0.2, -0.15) is 15.0 Å². The van der Waals surface area contributed by atoms with Gasteiger partial charge in [0.15, 0.2) is 0 Å². The molecule has 2 fully saturated rings. The molecule has 1 aliphatic heterocycles. The predicted octanol–water partition coefficient (Wildman–Crippen LogP) is 2.15. The summed E-state index contributed by atoms with van der Waals surface area (Å²) in [6, 6.07) is 0. The van der Waals surface area contributed by atoms with Crippen LogP contribution in [0.25, 0.3) is 0 Å². The van der Waals surface area contributed by atoms with Crippen LogP contribution >= 0.6 is 0 Å². The van der Waals surface area contributed by atoms with Crippen molar-refractivity contribution in [2.75, 3.05) is 35.6 Å². The summed E-state index contributed by atoms with van der Waals surface area (Å²) in [6.45, 7) is 12.2. The Balaban J connectivity index is 1.69. The van der Waals surface area contributed by atoms with Crippen molar-refractivity contribution in [3.8, 4) is 0 Å². The molecular weight excluding hydrogens is 264 g/mol. The second-order valence-electron chi connectivity index (χ2n) is 7.39. The maximum atomic E-state index is 5.83. The number of hydrogen-bond acceptors (Lipinski definition) is 6. The van der Waals surface area contributed by atoms with Crippen LogP contribution in [-0.4, -0.2) is 34.6 Å². The number of nitrogens with one attached hydrogen (secondary N) is 1. The molecule has 116 valence electrons. The topological polar surface area (TPSA) is 80.0 Å². The summed E-state index contributed by atoms with van der Waals surface area (Å²) in [5, 5.41) is 3.35. The monoisotopic (exact) mass is 290 g/mol. The number of anilines is 3. The van der Waals surface area contributed by atoms with Crippen molar-refractivity contribution < 1.29 is 0 Å². The van der Waals surface area contributed by atoms with Gasteiger partial charge in [-0.25, -0.2) is 0 Å². The lowest BCUT2D eigenvalue weighted by molar-refractivity contribution is 0.457. The molecule has 0 radical (unpaired) electrons. The Hall–Kier alpha value is -1.59. The molecule has 6 nitrogen and oxygen atoms in total. The molecule has 0 aromatic carbocycles. The maximum Gasteiger partial charge on any atom is 0.231 e. The van der Waals surface area contributed by atoms with Gasteiger partial charge in [-0.15, -0.1) is 0 Å². The zero-order chi connectivity index (χ0) is 15.3. The third kappa shape index (κ3) is 2.40. The summed E-state index contributed by atoms with van der Waals surface area (Å²) >= 11 is 0. The largest absolute Gasteiger partial charge is 0.368 e. The first kappa shape index (κ1) is 14.4. The normalized spacial score (nSPS) is 23.3. The fourth-order valence-electron chi connectivity index (χ4n) is 3.56. The highest BCUT2D eigenvalue weighted by Gasteiger charge is 2.64. The van der Waals surface area contributed by atoms with E-state index < -0.39 is 0 Å². The second kappa shape index (κ2) is 4.71. The molecule has 6 heteroatoms.